The fourth-order valence-corrected chi connectivity index (χ4v) is 1.70. The fraction of sp³-hybridized carbons (Fsp3) is 0.889. The monoisotopic (exact) mass is 155 g/mol. The Morgan fingerprint density at radius 2 is 2.18 bits per heavy atom. The number of Topliss-reactive ketones (excluding diaryl/α,β-unsaturated/α-hetero) is 1. The van der Waals surface area contributed by atoms with Gasteiger partial charge in [-0.1, -0.05) is 13.8 Å². The van der Waals surface area contributed by atoms with E-state index in [4.69, 9.17) is 0 Å². The summed E-state index contributed by atoms with van der Waals surface area (Å²) in [7, 11) is 0. The molecule has 1 aliphatic rings. The van der Waals surface area contributed by atoms with E-state index in [0.717, 1.165) is 19.5 Å². The summed E-state index contributed by atoms with van der Waals surface area (Å²) >= 11 is 0. The lowest BCUT2D eigenvalue weighted by atomic mass is 9.94. The molecule has 0 aromatic rings. The topological polar surface area (TPSA) is 20.3 Å². The van der Waals surface area contributed by atoms with Crippen molar-refractivity contribution < 1.29 is 4.79 Å². The van der Waals surface area contributed by atoms with Crippen LogP contribution >= 0.6 is 0 Å². The van der Waals surface area contributed by atoms with Crippen molar-refractivity contribution in [3.8, 4) is 0 Å². The van der Waals surface area contributed by atoms with Gasteiger partial charge in [-0.3, -0.25) is 9.69 Å². The summed E-state index contributed by atoms with van der Waals surface area (Å²) < 4.78 is 0. The number of piperidine rings is 1. The minimum absolute atomic E-state index is 0.256. The smallest absolute Gasteiger partial charge is 0.138 e. The molecule has 0 spiro atoms. The van der Waals surface area contributed by atoms with Crippen molar-refractivity contribution in [3.63, 3.8) is 0 Å². The minimum atomic E-state index is 0.256. The van der Waals surface area contributed by atoms with Crippen LogP contribution in [0.2, 0.25) is 0 Å². The number of hydrogen-bond acceptors (Lipinski definition) is 2. The highest BCUT2D eigenvalue weighted by Crippen LogP contribution is 2.17. The van der Waals surface area contributed by atoms with Crippen LogP contribution in [0, 0.1) is 5.92 Å². The summed E-state index contributed by atoms with van der Waals surface area (Å²) in [4.78, 5) is 13.6. The molecule has 11 heavy (non-hydrogen) atoms. The molecule has 1 fully saturated rings. The van der Waals surface area contributed by atoms with E-state index in [0.29, 0.717) is 11.8 Å². The highest BCUT2D eigenvalue weighted by Gasteiger charge is 2.27. The van der Waals surface area contributed by atoms with Gasteiger partial charge in [-0.05, 0) is 13.5 Å². The highest BCUT2D eigenvalue weighted by atomic mass is 16.1. The molecule has 1 saturated heterocycles. The van der Waals surface area contributed by atoms with Gasteiger partial charge in [0.15, 0.2) is 0 Å². The van der Waals surface area contributed by atoms with Gasteiger partial charge in [0, 0.05) is 24.9 Å². The minimum Gasteiger partial charge on any atom is -0.300 e. The van der Waals surface area contributed by atoms with Gasteiger partial charge < -0.3 is 0 Å². The molecule has 64 valence electrons. The summed E-state index contributed by atoms with van der Waals surface area (Å²) in [6.07, 6.45) is 0.745. The second kappa shape index (κ2) is 3.35. The third-order valence-electron chi connectivity index (χ3n) is 2.58. The van der Waals surface area contributed by atoms with Crippen molar-refractivity contribution in [1.29, 1.82) is 0 Å². The van der Waals surface area contributed by atoms with Gasteiger partial charge in [0.25, 0.3) is 0 Å². The van der Waals surface area contributed by atoms with Crippen LogP contribution < -0.4 is 0 Å². The van der Waals surface area contributed by atoms with Gasteiger partial charge in [0.2, 0.25) is 0 Å². The Hall–Kier alpha value is -0.370. The van der Waals surface area contributed by atoms with Crippen molar-refractivity contribution in [2.45, 2.75) is 33.2 Å². The number of likely N-dealkylation sites (tertiary alicyclic amines) is 1. The largest absolute Gasteiger partial charge is 0.300 e. The molecule has 2 atom stereocenters. The molecule has 1 aliphatic heterocycles. The molecule has 1 rings (SSSR count). The van der Waals surface area contributed by atoms with E-state index in [1.54, 1.807) is 0 Å². The molecule has 2 nitrogen and oxygen atoms in total. The van der Waals surface area contributed by atoms with Crippen LogP contribution in [0.15, 0.2) is 0 Å². The quantitative estimate of drug-likeness (QED) is 0.569. The Bertz CT molecular complexity index is 156. The number of nitrogens with zero attached hydrogens (tertiary/aromatic N) is 1. The standard InChI is InChI=1S/C9H17NO/c1-4-10-6-7(2)9(11)5-8(10)3/h7-8H,4-6H2,1-3H3/t7-,8+/m1/s1. The Morgan fingerprint density at radius 3 is 2.73 bits per heavy atom. The number of carbonyl (C=O) groups is 1. The van der Waals surface area contributed by atoms with Crippen molar-refractivity contribution in [2.75, 3.05) is 13.1 Å². The van der Waals surface area contributed by atoms with Crippen LogP contribution in [-0.4, -0.2) is 29.8 Å². The van der Waals surface area contributed by atoms with E-state index in [-0.39, 0.29) is 5.92 Å². The molecule has 0 aromatic heterocycles. The number of carbonyl (C=O) groups excluding carboxylic acids is 1. The molecule has 0 aromatic carbocycles. The average molecular weight is 155 g/mol. The van der Waals surface area contributed by atoms with Crippen LogP contribution in [0.25, 0.3) is 0 Å². The summed E-state index contributed by atoms with van der Waals surface area (Å²) in [5, 5.41) is 0. The van der Waals surface area contributed by atoms with Gasteiger partial charge in [0.1, 0.15) is 5.78 Å². The first-order valence-electron chi connectivity index (χ1n) is 4.42. The molecule has 0 saturated carbocycles. The molecular weight excluding hydrogens is 138 g/mol. The molecule has 0 N–H and O–H groups in total. The van der Waals surface area contributed by atoms with Crippen LogP contribution in [0.5, 0.6) is 0 Å². The highest BCUT2D eigenvalue weighted by molar-refractivity contribution is 5.82. The van der Waals surface area contributed by atoms with Crippen LogP contribution in [0.3, 0.4) is 0 Å². The first-order chi connectivity index (χ1) is 5.15. The third kappa shape index (κ3) is 1.80. The second-order valence-electron chi connectivity index (χ2n) is 3.51. The van der Waals surface area contributed by atoms with Crippen molar-refractivity contribution in [3.05, 3.63) is 0 Å². The van der Waals surface area contributed by atoms with Crippen molar-refractivity contribution in [1.82, 2.24) is 4.90 Å². The van der Waals surface area contributed by atoms with Crippen molar-refractivity contribution in [2.24, 2.45) is 5.92 Å². The molecular formula is C9H17NO. The maximum absolute atomic E-state index is 11.2. The van der Waals surface area contributed by atoms with E-state index >= 15 is 0 Å². The number of hydrogen-bond donors (Lipinski definition) is 0. The van der Waals surface area contributed by atoms with Gasteiger partial charge in [-0.15, -0.1) is 0 Å². The predicted octanol–water partition coefficient (Wildman–Crippen LogP) is 1.31. The lowest BCUT2D eigenvalue weighted by molar-refractivity contribution is -0.127. The zero-order valence-corrected chi connectivity index (χ0v) is 7.63. The van der Waals surface area contributed by atoms with Crippen LogP contribution in [0.4, 0.5) is 0 Å². The summed E-state index contributed by atoms with van der Waals surface area (Å²) in [5.74, 6) is 0.688. The van der Waals surface area contributed by atoms with Gasteiger partial charge in [-0.25, -0.2) is 0 Å². The Labute approximate surface area is 68.6 Å². The van der Waals surface area contributed by atoms with E-state index in [9.17, 15) is 4.79 Å². The molecule has 0 aliphatic carbocycles. The van der Waals surface area contributed by atoms with Crippen LogP contribution in [-0.2, 0) is 4.79 Å². The van der Waals surface area contributed by atoms with Crippen LogP contribution in [0.1, 0.15) is 27.2 Å². The zero-order chi connectivity index (χ0) is 8.43. The first-order valence-corrected chi connectivity index (χ1v) is 4.42. The summed E-state index contributed by atoms with van der Waals surface area (Å²) in [6.45, 7) is 8.33. The molecule has 1 heterocycles. The maximum Gasteiger partial charge on any atom is 0.138 e. The first kappa shape index (κ1) is 8.72. The molecule has 0 radical (unpaired) electrons. The van der Waals surface area contributed by atoms with Gasteiger partial charge in [-0.2, -0.15) is 0 Å². The second-order valence-corrected chi connectivity index (χ2v) is 3.51. The molecule has 2 heteroatoms. The van der Waals surface area contributed by atoms with E-state index in [1.807, 2.05) is 6.92 Å². The maximum atomic E-state index is 11.2. The summed E-state index contributed by atoms with van der Waals surface area (Å²) in [6, 6.07) is 0.462. The number of ketones is 1. The zero-order valence-electron chi connectivity index (χ0n) is 7.63. The summed E-state index contributed by atoms with van der Waals surface area (Å²) in [5.41, 5.74) is 0. The third-order valence-corrected chi connectivity index (χ3v) is 2.58. The lowest BCUT2D eigenvalue weighted by Gasteiger charge is -2.34. The van der Waals surface area contributed by atoms with E-state index < -0.39 is 0 Å². The fourth-order valence-electron chi connectivity index (χ4n) is 1.70. The Kier molecular flexibility index (Phi) is 2.66. The Balaban J connectivity index is 2.54. The lowest BCUT2D eigenvalue weighted by Crippen LogP contribution is -2.45. The predicted molar refractivity (Wildman–Crippen MR) is 45.5 cm³/mol. The van der Waals surface area contributed by atoms with Gasteiger partial charge in [0.05, 0.1) is 0 Å². The molecule has 0 unspecified atom stereocenters. The average Bonchev–Trinajstić information content (AvgIpc) is 1.97. The van der Waals surface area contributed by atoms with Crippen molar-refractivity contribution >= 4 is 5.78 Å². The van der Waals surface area contributed by atoms with Gasteiger partial charge >= 0.3 is 0 Å². The van der Waals surface area contributed by atoms with E-state index in [1.165, 1.54) is 0 Å². The SMILES string of the molecule is CCN1C[C@@H](C)C(=O)C[C@@H]1C. The normalized spacial score (nSPS) is 34.3. The Morgan fingerprint density at radius 1 is 1.55 bits per heavy atom. The molecule has 0 amide bonds. The van der Waals surface area contributed by atoms with E-state index in [2.05, 4.69) is 18.7 Å². The number of rotatable bonds is 1. The molecule has 0 bridgehead atoms.